The molecule has 20 rings (SSSR count). The van der Waals surface area contributed by atoms with Crippen molar-refractivity contribution in [2.45, 2.75) is 209 Å². The number of aryl methyl sites for hydroxylation is 6. The second kappa shape index (κ2) is 42.7. The predicted octanol–water partition coefficient (Wildman–Crippen LogP) is 16.9. The number of amides is 4. The molecule has 5 atom stereocenters. The minimum atomic E-state index is -1.18. The molecule has 2 aromatic heterocycles. The first-order valence-corrected chi connectivity index (χ1v) is 51.7. The average molecular weight is 1940 g/mol. The van der Waals surface area contributed by atoms with E-state index in [-0.39, 0.29) is 86.6 Å². The highest BCUT2D eigenvalue weighted by Crippen LogP contribution is 2.74. The van der Waals surface area contributed by atoms with Gasteiger partial charge in [-0.25, -0.2) is 20.0 Å². The van der Waals surface area contributed by atoms with Crippen LogP contribution in [0.15, 0.2) is 251 Å². The molecule has 4 fully saturated rings. The number of allylic oxidation sites excluding steroid dienone is 2. The van der Waals surface area contributed by atoms with Crippen molar-refractivity contribution in [3.63, 3.8) is 0 Å². The molecule has 740 valence electrons. The Balaban J connectivity index is 0.0000135. The molecule has 4 bridgehead atoms. The minimum Gasteiger partial charge on any atom is -1.00 e. The number of nitrogens with zero attached hydrogens (tertiary/aromatic N) is 7. The molecular weight excluding hydrogens is 1800 g/mol. The quantitative estimate of drug-likeness (QED) is 0.00735. The van der Waals surface area contributed by atoms with Gasteiger partial charge in [0.15, 0.2) is 11.7 Å². The van der Waals surface area contributed by atoms with E-state index in [0.29, 0.717) is 37.6 Å². The van der Waals surface area contributed by atoms with Crippen LogP contribution in [0, 0.1) is 63.2 Å². The van der Waals surface area contributed by atoms with Gasteiger partial charge in [0.05, 0.1) is 44.8 Å². The van der Waals surface area contributed by atoms with Gasteiger partial charge in [-0.15, -0.1) is 9.13 Å². The van der Waals surface area contributed by atoms with Crippen molar-refractivity contribution in [3.05, 3.63) is 274 Å². The average Bonchev–Trinajstić information content (AvgIpc) is 0.667. The molecule has 12 aromatic rings. The van der Waals surface area contributed by atoms with Crippen molar-refractivity contribution in [1.82, 2.24) is 31.2 Å². The molecule has 143 heavy (non-hydrogen) atoms. The number of fused-ring (bicyclic) bond motifs is 8. The number of carbonyl (C=O) groups is 4. The highest BCUT2D eigenvalue weighted by Gasteiger charge is 2.75. The molecule has 2 aliphatic heterocycles. The summed E-state index contributed by atoms with van der Waals surface area (Å²) in [6, 6.07) is 67.2. The summed E-state index contributed by atoms with van der Waals surface area (Å²) < 4.78 is 4.49. The zero-order valence-corrected chi connectivity index (χ0v) is 84.9. The fraction of sp³-hybridized carbons (Fsp3) is 0.373. The molecule has 0 spiro atoms. The van der Waals surface area contributed by atoms with Gasteiger partial charge < -0.3 is 82.8 Å². The van der Waals surface area contributed by atoms with Crippen molar-refractivity contribution in [3.8, 4) is 11.4 Å². The van der Waals surface area contributed by atoms with E-state index in [1.165, 1.54) is 4.90 Å². The van der Waals surface area contributed by atoms with Crippen LogP contribution in [0.1, 0.15) is 188 Å². The standard InChI is InChI=1S/C118H136N20O4.ClH/c1-75-53-95-103(61-87(75)119)135(83-37-21-17-22-38-83)107-65-91(79(5)57-99(107)131-95)123-45-29-9-13-33-49-127-111(139)115-69-116(112(140)128-50-34-14-10-30-46-124-92-66-108-100(58-80(92)6)132-96-54-76(2)88(120)62-104(96)136(108)84-39-23-18-24-40-84)72-117(70-115,113(141)129-51-35-15-11-31-47-125-93-67-109-101(59-81(93)7)133-97-55-77(3)89(121)63-105(97)137(109)85-41-25-19-26-42-85)74-118(71-115,73-116)114(142)130-52-36-16-12-32-48-126-94-68-110-102(60-82(94)8)134-98-56-78(4)90(122)64-106(98)138(110)86-43-27-20-28-44-86;/h17-28,37-44,53-68,103-104,123-124H,9-16,29-36,45-52,69-74,119-120H2,1-8H3,(H8,121,122,125,126,127,128,129,130,139,140,141,142);1H/p+2. The lowest BCUT2D eigenvalue weighted by Crippen LogP contribution is -3.08. The predicted molar refractivity (Wildman–Crippen MR) is 578 cm³/mol. The molecule has 0 radical (unpaired) electrons. The normalized spacial score (nSPS) is 20.0. The van der Waals surface area contributed by atoms with E-state index in [1.807, 2.05) is 64.1 Å². The lowest BCUT2D eigenvalue weighted by molar-refractivity contribution is -0.770. The van der Waals surface area contributed by atoms with E-state index in [2.05, 4.69) is 266 Å². The first-order valence-electron chi connectivity index (χ1n) is 51.7. The number of benzene rings is 10. The smallest absolute Gasteiger partial charge is 0.239 e. The summed E-state index contributed by atoms with van der Waals surface area (Å²) in [5.74, 6) is -0.673. The largest absolute Gasteiger partial charge is 1.00 e. The molecule has 4 saturated carbocycles. The molecule has 6 aliphatic carbocycles. The highest BCUT2D eigenvalue weighted by molar-refractivity contribution is 6.11. The number of carbonyl (C=O) groups excluding carboxylic acids is 4. The number of hydrogen-bond donors (Lipinski definition) is 13. The fourth-order valence-corrected chi connectivity index (χ4v) is 23.9. The van der Waals surface area contributed by atoms with E-state index in [0.717, 1.165) is 309 Å². The van der Waals surface area contributed by atoms with E-state index in [9.17, 15) is 0 Å². The molecule has 10 aromatic carbocycles. The van der Waals surface area contributed by atoms with E-state index in [4.69, 9.17) is 42.9 Å². The topological polar surface area (TPSA) is 335 Å². The van der Waals surface area contributed by atoms with E-state index >= 15 is 19.2 Å². The van der Waals surface area contributed by atoms with Gasteiger partial charge in [-0.1, -0.05) is 124 Å². The number of para-hydroxylation sites is 4. The Kier molecular flexibility index (Phi) is 29.6. The van der Waals surface area contributed by atoms with Crippen LogP contribution in [0.4, 0.5) is 68.2 Å². The summed E-state index contributed by atoms with van der Waals surface area (Å²) in [5, 5.41) is 28.8. The van der Waals surface area contributed by atoms with Gasteiger partial charge in [-0.3, -0.25) is 24.1 Å². The number of anilines is 8. The Morgan fingerprint density at radius 1 is 0.364 bits per heavy atom. The van der Waals surface area contributed by atoms with Crippen LogP contribution < -0.4 is 96.8 Å². The van der Waals surface area contributed by atoms with Crippen LogP contribution in [-0.2, 0) is 19.2 Å². The molecular formula is C118H139ClN20O4+2. The zero-order chi connectivity index (χ0) is 98.6. The number of hydrogen-bond acceptors (Lipinski definition) is 17. The third kappa shape index (κ3) is 20.6. The lowest BCUT2D eigenvalue weighted by atomic mass is 9.34. The first kappa shape index (κ1) is 99.2. The number of nitrogens with two attached hydrogens (primary N) is 4. The summed E-state index contributed by atoms with van der Waals surface area (Å²) in [6.07, 6.45) is 23.8. The van der Waals surface area contributed by atoms with Crippen LogP contribution >= 0.6 is 0 Å². The number of unbranched alkanes of at least 4 members (excludes halogenated alkanes) is 12. The summed E-state index contributed by atoms with van der Waals surface area (Å²) in [4.78, 5) is 88.0. The SMILES string of the molecule is CC1=CC2=Nc3cc(C)c(NCCCCCCNC(=O)C45CC6(C(=O)NCCCCCCNc7cc8c(cc7C)N=C7C=C(C)C(N)=CC7[NH+]8c7ccccc7)CC(C(=O)NCCCCCCNc7cc8c(cc7C)nc7cc(C)c(N)cc7[n+]8-c7ccccc7)(C4)CC(C(=O)NCCCCCCNc4cc7c(cc4C)nc4cc(C)c(N)cc4[n+]7-c4ccccc4)(C5)C6)cc3N(c3ccccc3)C2C=C1N.[Cl-]. The Morgan fingerprint density at radius 3 is 1.10 bits per heavy atom. The molecule has 8 aliphatic rings. The number of quaternary nitrogens is 1. The number of nitrogen functional groups attached to an aromatic ring is 2. The molecule has 0 saturated heterocycles. The summed E-state index contributed by atoms with van der Waals surface area (Å²) >= 11 is 0. The Hall–Kier alpha value is -14.0. The van der Waals surface area contributed by atoms with Crippen molar-refractivity contribution in [2.75, 3.05) is 90.0 Å². The Morgan fingerprint density at radius 2 is 0.692 bits per heavy atom. The molecule has 4 amide bonds. The maximum atomic E-state index is 15.9. The van der Waals surface area contributed by atoms with E-state index in [1.54, 1.807) is 0 Å². The van der Waals surface area contributed by atoms with Gasteiger partial charge in [-0.05, 0) is 275 Å². The molecule has 24 nitrogen and oxygen atoms in total. The van der Waals surface area contributed by atoms with Crippen molar-refractivity contribution >= 4 is 147 Å². The van der Waals surface area contributed by atoms with Crippen LogP contribution in [0.5, 0.6) is 0 Å². The molecule has 17 N–H and O–H groups in total. The number of halogens is 1. The van der Waals surface area contributed by atoms with E-state index < -0.39 is 21.7 Å². The third-order valence-corrected chi connectivity index (χ3v) is 31.0. The Labute approximate surface area is 846 Å². The van der Waals surface area contributed by atoms with Crippen LogP contribution in [-0.4, -0.2) is 109 Å². The van der Waals surface area contributed by atoms with Crippen LogP contribution in [0.3, 0.4) is 0 Å². The summed E-state index contributed by atoms with van der Waals surface area (Å²) in [6.45, 7) is 21.3. The monoisotopic (exact) mass is 1940 g/mol. The van der Waals surface area contributed by atoms with Gasteiger partial charge in [0, 0.05) is 164 Å². The minimum absolute atomic E-state index is 0. The van der Waals surface area contributed by atoms with Crippen molar-refractivity contribution in [1.29, 1.82) is 0 Å². The number of rotatable bonds is 40. The second-order valence-corrected chi connectivity index (χ2v) is 41.6. The number of aromatic nitrogens is 4. The fourth-order valence-electron chi connectivity index (χ4n) is 23.9. The maximum absolute atomic E-state index is 15.9. The molecule has 4 heterocycles. The Bertz CT molecular complexity index is 6630. The summed E-state index contributed by atoms with van der Waals surface area (Å²) in [7, 11) is 0. The lowest BCUT2D eigenvalue weighted by Gasteiger charge is -2.67. The third-order valence-electron chi connectivity index (χ3n) is 31.0. The van der Waals surface area contributed by atoms with Crippen molar-refractivity contribution < 1.29 is 45.6 Å². The molecule has 5 unspecified atom stereocenters. The van der Waals surface area contributed by atoms with Crippen molar-refractivity contribution in [2.24, 2.45) is 43.1 Å². The van der Waals surface area contributed by atoms with Gasteiger partial charge in [0.1, 0.15) is 39.2 Å². The zero-order valence-electron chi connectivity index (χ0n) is 84.1. The van der Waals surface area contributed by atoms with Gasteiger partial charge in [0.2, 0.25) is 57.1 Å². The molecule has 25 heteroatoms. The van der Waals surface area contributed by atoms with Crippen LogP contribution in [0.2, 0.25) is 0 Å². The second-order valence-electron chi connectivity index (χ2n) is 41.6. The maximum Gasteiger partial charge on any atom is 0.239 e. The van der Waals surface area contributed by atoms with Crippen LogP contribution in [0.25, 0.3) is 55.5 Å². The van der Waals surface area contributed by atoms with Gasteiger partial charge >= 0.3 is 0 Å². The highest BCUT2D eigenvalue weighted by atomic mass is 35.5. The number of aliphatic imine (C=N–C) groups is 2. The number of nitrogens with one attached hydrogen (secondary N) is 9. The first-order chi connectivity index (χ1) is 68.8. The van der Waals surface area contributed by atoms with Gasteiger partial charge in [0.25, 0.3) is 0 Å². The summed E-state index contributed by atoms with van der Waals surface area (Å²) in [5.41, 5.74) is 54.7. The van der Waals surface area contributed by atoms with Gasteiger partial charge in [-0.2, -0.15) is 0 Å².